The van der Waals surface area contributed by atoms with Gasteiger partial charge in [-0.3, -0.25) is 5.10 Å². The van der Waals surface area contributed by atoms with Crippen molar-refractivity contribution in [3.05, 3.63) is 71.6 Å². The van der Waals surface area contributed by atoms with Crippen molar-refractivity contribution in [1.82, 2.24) is 25.1 Å². The van der Waals surface area contributed by atoms with Crippen molar-refractivity contribution in [2.45, 2.75) is 26.6 Å². The van der Waals surface area contributed by atoms with Crippen LogP contribution in [0.5, 0.6) is 0 Å². The molecule has 0 saturated carbocycles. The van der Waals surface area contributed by atoms with Crippen molar-refractivity contribution >= 4 is 0 Å². The first-order chi connectivity index (χ1) is 10.3. The molecule has 0 unspecified atom stereocenters. The van der Waals surface area contributed by atoms with Gasteiger partial charge < -0.3 is 9.88 Å². The summed E-state index contributed by atoms with van der Waals surface area (Å²) in [6, 6.07) is 8.67. The van der Waals surface area contributed by atoms with Crippen LogP contribution >= 0.6 is 0 Å². The summed E-state index contributed by atoms with van der Waals surface area (Å²) in [4.78, 5) is 4.05. The molecular formula is C16H19N5. The van der Waals surface area contributed by atoms with Gasteiger partial charge in [0.2, 0.25) is 0 Å². The van der Waals surface area contributed by atoms with Crippen molar-refractivity contribution in [3.8, 4) is 0 Å². The Kier molecular flexibility index (Phi) is 4.12. The quantitative estimate of drug-likeness (QED) is 0.728. The Hall–Kier alpha value is -2.40. The zero-order valence-electron chi connectivity index (χ0n) is 12.1. The SMILES string of the molecule is Cc1[nH]ncc1CNCc1ccc(Cn2ccnc2)cc1. The molecule has 3 aromatic rings. The Morgan fingerprint density at radius 2 is 1.95 bits per heavy atom. The molecule has 0 fully saturated rings. The summed E-state index contributed by atoms with van der Waals surface area (Å²) in [6.45, 7) is 4.59. The minimum atomic E-state index is 0.832. The number of rotatable bonds is 6. The van der Waals surface area contributed by atoms with E-state index in [4.69, 9.17) is 0 Å². The van der Waals surface area contributed by atoms with Gasteiger partial charge in [-0.25, -0.2) is 4.98 Å². The standard InChI is InChI=1S/C16H19N5/c1-13-16(10-19-20-13)9-18-8-14-2-4-15(5-3-14)11-21-7-6-17-12-21/h2-7,10,12,18H,8-9,11H2,1H3,(H,19,20). The van der Waals surface area contributed by atoms with Gasteiger partial charge >= 0.3 is 0 Å². The third-order valence-corrected chi connectivity index (χ3v) is 3.53. The molecule has 3 rings (SSSR count). The first kappa shape index (κ1) is 13.6. The molecule has 0 spiro atoms. The highest BCUT2D eigenvalue weighted by Crippen LogP contribution is 2.07. The lowest BCUT2D eigenvalue weighted by molar-refractivity contribution is 0.690. The molecule has 5 nitrogen and oxygen atoms in total. The lowest BCUT2D eigenvalue weighted by Crippen LogP contribution is -2.13. The van der Waals surface area contributed by atoms with Gasteiger partial charge in [-0.2, -0.15) is 5.10 Å². The number of nitrogens with one attached hydrogen (secondary N) is 2. The number of hydrogen-bond donors (Lipinski definition) is 2. The smallest absolute Gasteiger partial charge is 0.0949 e. The van der Waals surface area contributed by atoms with Crippen molar-refractivity contribution < 1.29 is 0 Å². The molecule has 0 radical (unpaired) electrons. The third-order valence-electron chi connectivity index (χ3n) is 3.53. The van der Waals surface area contributed by atoms with E-state index in [1.165, 1.54) is 16.7 Å². The molecule has 21 heavy (non-hydrogen) atoms. The molecule has 0 atom stereocenters. The number of nitrogens with zero attached hydrogens (tertiary/aromatic N) is 3. The monoisotopic (exact) mass is 281 g/mol. The summed E-state index contributed by atoms with van der Waals surface area (Å²) in [6.07, 6.45) is 7.48. The summed E-state index contributed by atoms with van der Waals surface area (Å²) in [5.41, 5.74) is 4.90. The van der Waals surface area contributed by atoms with E-state index in [0.29, 0.717) is 0 Å². The Bertz CT molecular complexity index is 667. The highest BCUT2D eigenvalue weighted by atomic mass is 15.1. The second-order valence-electron chi connectivity index (χ2n) is 5.18. The van der Waals surface area contributed by atoms with Crippen LogP contribution < -0.4 is 5.32 Å². The summed E-state index contributed by atoms with van der Waals surface area (Å²) < 4.78 is 2.06. The maximum Gasteiger partial charge on any atom is 0.0949 e. The first-order valence-corrected chi connectivity index (χ1v) is 7.04. The Balaban J connectivity index is 1.51. The van der Waals surface area contributed by atoms with Crippen LogP contribution in [0, 0.1) is 6.92 Å². The molecule has 0 aliphatic carbocycles. The van der Waals surface area contributed by atoms with E-state index < -0.39 is 0 Å². The van der Waals surface area contributed by atoms with Gasteiger partial charge in [0.05, 0.1) is 12.5 Å². The summed E-state index contributed by atoms with van der Waals surface area (Å²) in [7, 11) is 0. The number of H-pyrrole nitrogens is 1. The van der Waals surface area contributed by atoms with Gasteiger partial charge in [-0.1, -0.05) is 24.3 Å². The van der Waals surface area contributed by atoms with Crippen LogP contribution in [0.25, 0.3) is 0 Å². The normalized spacial score (nSPS) is 10.9. The number of imidazole rings is 1. The molecule has 0 amide bonds. The second kappa shape index (κ2) is 6.37. The molecule has 0 bridgehead atoms. The number of aromatic amines is 1. The molecule has 0 aliphatic rings. The highest BCUT2D eigenvalue weighted by Gasteiger charge is 2.00. The van der Waals surface area contributed by atoms with Gasteiger partial charge in [-0.05, 0) is 18.1 Å². The summed E-state index contributed by atoms with van der Waals surface area (Å²) in [5.74, 6) is 0. The minimum absolute atomic E-state index is 0.832. The second-order valence-corrected chi connectivity index (χ2v) is 5.18. The zero-order valence-corrected chi connectivity index (χ0v) is 12.1. The van der Waals surface area contributed by atoms with Gasteiger partial charge in [0.25, 0.3) is 0 Å². The van der Waals surface area contributed by atoms with E-state index in [9.17, 15) is 0 Å². The van der Waals surface area contributed by atoms with Gasteiger partial charge in [0.1, 0.15) is 0 Å². The number of hydrogen-bond acceptors (Lipinski definition) is 3. The molecular weight excluding hydrogens is 262 g/mol. The summed E-state index contributed by atoms with van der Waals surface area (Å²) in [5, 5.41) is 10.4. The predicted molar refractivity (Wildman–Crippen MR) is 81.6 cm³/mol. The number of aromatic nitrogens is 4. The van der Waals surface area contributed by atoms with Crippen LogP contribution in [0.2, 0.25) is 0 Å². The average Bonchev–Trinajstić information content (AvgIpc) is 3.13. The van der Waals surface area contributed by atoms with Crippen LogP contribution in [0.15, 0.2) is 49.2 Å². The Labute approximate surface area is 124 Å². The number of aryl methyl sites for hydroxylation is 1. The largest absolute Gasteiger partial charge is 0.333 e. The lowest BCUT2D eigenvalue weighted by Gasteiger charge is -2.06. The van der Waals surface area contributed by atoms with Gasteiger partial charge in [0.15, 0.2) is 0 Å². The summed E-state index contributed by atoms with van der Waals surface area (Å²) >= 11 is 0. The molecule has 108 valence electrons. The maximum absolute atomic E-state index is 4.05. The molecule has 2 heterocycles. The fraction of sp³-hybridized carbons (Fsp3) is 0.250. The van der Waals surface area contributed by atoms with Crippen molar-refractivity contribution in [3.63, 3.8) is 0 Å². The highest BCUT2D eigenvalue weighted by molar-refractivity contribution is 5.23. The van der Waals surface area contributed by atoms with E-state index in [0.717, 1.165) is 25.3 Å². The van der Waals surface area contributed by atoms with Gasteiger partial charge in [0, 0.05) is 43.3 Å². The van der Waals surface area contributed by atoms with Crippen molar-refractivity contribution in [2.75, 3.05) is 0 Å². The lowest BCUT2D eigenvalue weighted by atomic mass is 10.1. The predicted octanol–water partition coefficient (Wildman–Crippen LogP) is 2.25. The number of benzene rings is 1. The topological polar surface area (TPSA) is 58.5 Å². The molecule has 5 heteroatoms. The van der Waals surface area contributed by atoms with E-state index in [-0.39, 0.29) is 0 Å². The van der Waals surface area contributed by atoms with Crippen molar-refractivity contribution in [1.29, 1.82) is 0 Å². The van der Waals surface area contributed by atoms with Crippen molar-refractivity contribution in [2.24, 2.45) is 0 Å². The molecule has 2 aromatic heterocycles. The van der Waals surface area contributed by atoms with E-state index in [1.807, 2.05) is 25.6 Å². The maximum atomic E-state index is 4.05. The third kappa shape index (κ3) is 3.58. The van der Waals surface area contributed by atoms with Crippen LogP contribution in [-0.4, -0.2) is 19.7 Å². The van der Waals surface area contributed by atoms with Crippen LogP contribution in [0.1, 0.15) is 22.4 Å². The molecule has 0 saturated heterocycles. The Morgan fingerprint density at radius 3 is 2.62 bits per heavy atom. The minimum Gasteiger partial charge on any atom is -0.333 e. The average molecular weight is 281 g/mol. The van der Waals surface area contributed by atoms with E-state index in [2.05, 4.69) is 49.3 Å². The fourth-order valence-corrected chi connectivity index (χ4v) is 2.25. The van der Waals surface area contributed by atoms with E-state index >= 15 is 0 Å². The van der Waals surface area contributed by atoms with Crippen LogP contribution in [-0.2, 0) is 19.6 Å². The van der Waals surface area contributed by atoms with Crippen LogP contribution in [0.4, 0.5) is 0 Å². The molecule has 1 aromatic carbocycles. The van der Waals surface area contributed by atoms with Crippen LogP contribution in [0.3, 0.4) is 0 Å². The first-order valence-electron chi connectivity index (χ1n) is 7.04. The van der Waals surface area contributed by atoms with Gasteiger partial charge in [-0.15, -0.1) is 0 Å². The zero-order chi connectivity index (χ0) is 14.5. The molecule has 2 N–H and O–H groups in total. The fourth-order valence-electron chi connectivity index (χ4n) is 2.25. The Morgan fingerprint density at radius 1 is 1.14 bits per heavy atom. The van der Waals surface area contributed by atoms with E-state index in [1.54, 1.807) is 6.20 Å². The molecule has 0 aliphatic heterocycles.